The van der Waals surface area contributed by atoms with Crippen molar-refractivity contribution in [3.05, 3.63) is 0 Å². The summed E-state index contributed by atoms with van der Waals surface area (Å²) in [6.45, 7) is 3.98. The van der Waals surface area contributed by atoms with Crippen LogP contribution < -0.4 is 0 Å². The largest absolute Gasteiger partial charge is 0.384 e. The van der Waals surface area contributed by atoms with Gasteiger partial charge in [-0.15, -0.1) is 0 Å². The Kier molecular flexibility index (Phi) is 4.20. The molecule has 13 heavy (non-hydrogen) atoms. The van der Waals surface area contributed by atoms with Gasteiger partial charge in [-0.1, -0.05) is 19.8 Å². The van der Waals surface area contributed by atoms with E-state index < -0.39 is 0 Å². The summed E-state index contributed by atoms with van der Waals surface area (Å²) in [5.41, 5.74) is 0.351. The molecule has 1 aliphatic rings. The fourth-order valence-corrected chi connectivity index (χ4v) is 2.67. The molecule has 0 aromatic rings. The SMILES string of the molecule is CCCC1CC(COC)(COC)C1. The third kappa shape index (κ3) is 2.68. The summed E-state index contributed by atoms with van der Waals surface area (Å²) >= 11 is 0. The van der Waals surface area contributed by atoms with Gasteiger partial charge in [0.2, 0.25) is 0 Å². The molecule has 1 fully saturated rings. The summed E-state index contributed by atoms with van der Waals surface area (Å²) in [5.74, 6) is 0.926. The van der Waals surface area contributed by atoms with Gasteiger partial charge in [0, 0.05) is 19.6 Å². The van der Waals surface area contributed by atoms with Gasteiger partial charge >= 0.3 is 0 Å². The average Bonchev–Trinajstić information content (AvgIpc) is 2.03. The average molecular weight is 186 g/mol. The minimum absolute atomic E-state index is 0.351. The van der Waals surface area contributed by atoms with E-state index in [0.29, 0.717) is 5.41 Å². The first-order valence-electron chi connectivity index (χ1n) is 5.24. The zero-order valence-electron chi connectivity index (χ0n) is 9.14. The van der Waals surface area contributed by atoms with Gasteiger partial charge in [-0.2, -0.15) is 0 Å². The smallest absolute Gasteiger partial charge is 0.0540 e. The summed E-state index contributed by atoms with van der Waals surface area (Å²) in [4.78, 5) is 0. The first-order chi connectivity index (χ1) is 6.26. The third-order valence-electron chi connectivity index (χ3n) is 3.04. The van der Waals surface area contributed by atoms with Gasteiger partial charge in [-0.05, 0) is 18.8 Å². The lowest BCUT2D eigenvalue weighted by atomic mass is 9.61. The first kappa shape index (κ1) is 11.0. The lowest BCUT2D eigenvalue weighted by molar-refractivity contribution is -0.0748. The van der Waals surface area contributed by atoms with E-state index in [1.165, 1.54) is 25.7 Å². The van der Waals surface area contributed by atoms with E-state index in [1.54, 1.807) is 14.2 Å². The molecule has 0 saturated heterocycles. The van der Waals surface area contributed by atoms with E-state index >= 15 is 0 Å². The Morgan fingerprint density at radius 3 is 2.08 bits per heavy atom. The van der Waals surface area contributed by atoms with Crippen LogP contribution in [-0.4, -0.2) is 27.4 Å². The van der Waals surface area contributed by atoms with Crippen molar-refractivity contribution in [2.24, 2.45) is 11.3 Å². The summed E-state index contributed by atoms with van der Waals surface area (Å²) in [5, 5.41) is 0. The highest BCUT2D eigenvalue weighted by Gasteiger charge is 2.43. The van der Waals surface area contributed by atoms with Crippen molar-refractivity contribution < 1.29 is 9.47 Å². The molecule has 0 radical (unpaired) electrons. The molecule has 0 bridgehead atoms. The molecule has 1 aliphatic carbocycles. The number of ether oxygens (including phenoxy) is 2. The predicted octanol–water partition coefficient (Wildman–Crippen LogP) is 2.48. The summed E-state index contributed by atoms with van der Waals surface area (Å²) < 4.78 is 10.5. The van der Waals surface area contributed by atoms with Gasteiger partial charge in [0.05, 0.1) is 13.2 Å². The quantitative estimate of drug-likeness (QED) is 0.634. The number of methoxy groups -OCH3 is 2. The Morgan fingerprint density at radius 1 is 1.15 bits per heavy atom. The summed E-state index contributed by atoms with van der Waals surface area (Å²) in [7, 11) is 3.56. The molecule has 0 N–H and O–H groups in total. The van der Waals surface area contributed by atoms with Gasteiger partial charge in [-0.25, -0.2) is 0 Å². The zero-order valence-corrected chi connectivity index (χ0v) is 9.14. The maximum atomic E-state index is 5.25. The Morgan fingerprint density at radius 2 is 1.69 bits per heavy atom. The van der Waals surface area contributed by atoms with Crippen molar-refractivity contribution in [2.75, 3.05) is 27.4 Å². The van der Waals surface area contributed by atoms with E-state index in [4.69, 9.17) is 9.47 Å². The molecule has 0 amide bonds. The fourth-order valence-electron chi connectivity index (χ4n) is 2.67. The molecule has 0 unspecified atom stereocenters. The van der Waals surface area contributed by atoms with Crippen molar-refractivity contribution >= 4 is 0 Å². The van der Waals surface area contributed by atoms with Gasteiger partial charge in [-0.3, -0.25) is 0 Å². The van der Waals surface area contributed by atoms with Crippen LogP contribution in [0.15, 0.2) is 0 Å². The molecule has 0 spiro atoms. The van der Waals surface area contributed by atoms with Crippen LogP contribution in [0, 0.1) is 11.3 Å². The highest BCUT2D eigenvalue weighted by atomic mass is 16.5. The minimum atomic E-state index is 0.351. The normalized spacial score (nSPS) is 21.5. The molecule has 0 aromatic heterocycles. The topological polar surface area (TPSA) is 18.5 Å². The molecule has 0 heterocycles. The molecule has 0 atom stereocenters. The van der Waals surface area contributed by atoms with Crippen LogP contribution >= 0.6 is 0 Å². The minimum Gasteiger partial charge on any atom is -0.384 e. The summed E-state index contributed by atoms with van der Waals surface area (Å²) in [6.07, 6.45) is 5.26. The number of hydrogen-bond acceptors (Lipinski definition) is 2. The maximum absolute atomic E-state index is 5.25. The second kappa shape index (κ2) is 4.97. The highest BCUT2D eigenvalue weighted by Crippen LogP contribution is 2.47. The Hall–Kier alpha value is -0.0800. The zero-order chi connectivity index (χ0) is 9.73. The predicted molar refractivity (Wildman–Crippen MR) is 53.8 cm³/mol. The maximum Gasteiger partial charge on any atom is 0.0540 e. The van der Waals surface area contributed by atoms with Crippen LogP contribution in [0.25, 0.3) is 0 Å². The van der Waals surface area contributed by atoms with Gasteiger partial charge in [0.15, 0.2) is 0 Å². The lowest BCUT2D eigenvalue weighted by Gasteiger charge is -2.47. The van der Waals surface area contributed by atoms with E-state index in [2.05, 4.69) is 6.92 Å². The second-order valence-electron chi connectivity index (χ2n) is 4.43. The summed E-state index contributed by atoms with van der Waals surface area (Å²) in [6, 6.07) is 0. The molecule has 78 valence electrons. The molecule has 1 rings (SSSR count). The van der Waals surface area contributed by atoms with Gasteiger partial charge in [0.25, 0.3) is 0 Å². The van der Waals surface area contributed by atoms with Crippen molar-refractivity contribution in [2.45, 2.75) is 32.6 Å². The molecule has 1 saturated carbocycles. The van der Waals surface area contributed by atoms with Crippen molar-refractivity contribution in [1.29, 1.82) is 0 Å². The molecular weight excluding hydrogens is 164 g/mol. The van der Waals surface area contributed by atoms with Crippen LogP contribution in [0.4, 0.5) is 0 Å². The van der Waals surface area contributed by atoms with E-state index in [-0.39, 0.29) is 0 Å². The molecule has 2 nitrogen and oxygen atoms in total. The third-order valence-corrected chi connectivity index (χ3v) is 3.04. The Balaban J connectivity index is 2.29. The Labute approximate surface area is 81.6 Å². The lowest BCUT2D eigenvalue weighted by Crippen LogP contribution is -2.44. The van der Waals surface area contributed by atoms with Gasteiger partial charge < -0.3 is 9.47 Å². The van der Waals surface area contributed by atoms with Crippen molar-refractivity contribution in [3.8, 4) is 0 Å². The number of rotatable bonds is 6. The van der Waals surface area contributed by atoms with Crippen LogP contribution in [0.1, 0.15) is 32.6 Å². The number of hydrogen-bond donors (Lipinski definition) is 0. The Bertz CT molecular complexity index is 131. The first-order valence-corrected chi connectivity index (χ1v) is 5.24. The standard InChI is InChI=1S/C11H22O2/c1-4-5-10-6-11(7-10,8-12-2)9-13-3/h10H,4-9H2,1-3H3. The van der Waals surface area contributed by atoms with Crippen LogP contribution in [0.3, 0.4) is 0 Å². The molecule has 0 aromatic carbocycles. The van der Waals surface area contributed by atoms with Crippen molar-refractivity contribution in [1.82, 2.24) is 0 Å². The second-order valence-corrected chi connectivity index (χ2v) is 4.43. The van der Waals surface area contributed by atoms with E-state index in [9.17, 15) is 0 Å². The van der Waals surface area contributed by atoms with E-state index in [1.807, 2.05) is 0 Å². The van der Waals surface area contributed by atoms with Crippen molar-refractivity contribution in [3.63, 3.8) is 0 Å². The fraction of sp³-hybridized carbons (Fsp3) is 1.00. The molecule has 0 aliphatic heterocycles. The highest BCUT2D eigenvalue weighted by molar-refractivity contribution is 4.93. The molecule has 2 heteroatoms. The van der Waals surface area contributed by atoms with Gasteiger partial charge in [0.1, 0.15) is 0 Å². The van der Waals surface area contributed by atoms with Crippen LogP contribution in [0.2, 0.25) is 0 Å². The van der Waals surface area contributed by atoms with Crippen LogP contribution in [-0.2, 0) is 9.47 Å². The van der Waals surface area contributed by atoms with E-state index in [0.717, 1.165) is 19.1 Å². The monoisotopic (exact) mass is 186 g/mol. The molecular formula is C11H22O2. The van der Waals surface area contributed by atoms with Crippen LogP contribution in [0.5, 0.6) is 0 Å².